The summed E-state index contributed by atoms with van der Waals surface area (Å²) < 4.78 is 28.1. The van der Waals surface area contributed by atoms with Crippen molar-refractivity contribution in [2.45, 2.75) is 6.42 Å². The van der Waals surface area contributed by atoms with Crippen LogP contribution in [0.4, 0.5) is 20.2 Å². The lowest BCUT2D eigenvalue weighted by Crippen LogP contribution is -2.30. The topological polar surface area (TPSA) is 46.3 Å². The zero-order valence-corrected chi connectivity index (χ0v) is 12.5. The second kappa shape index (κ2) is 5.11. The van der Waals surface area contributed by atoms with E-state index in [2.05, 4.69) is 15.9 Å². The second-order valence-electron chi connectivity index (χ2n) is 4.80. The summed E-state index contributed by atoms with van der Waals surface area (Å²) in [7, 11) is 0. The maximum absolute atomic E-state index is 13.9. The highest BCUT2D eigenvalue weighted by molar-refractivity contribution is 9.10. The number of rotatable bonds is 1. The maximum Gasteiger partial charge on any atom is 0.264 e. The van der Waals surface area contributed by atoms with Crippen molar-refractivity contribution in [3.8, 4) is 0 Å². The number of nitrogens with two attached hydrogens (primary N) is 1. The molecule has 108 valence electrons. The molecule has 6 heteroatoms. The molecule has 0 unspecified atom stereocenters. The van der Waals surface area contributed by atoms with E-state index < -0.39 is 23.1 Å². The molecule has 1 amide bonds. The average molecular weight is 353 g/mol. The van der Waals surface area contributed by atoms with Gasteiger partial charge in [0.15, 0.2) is 0 Å². The van der Waals surface area contributed by atoms with Crippen LogP contribution in [0.1, 0.15) is 15.9 Å². The number of halogens is 3. The summed E-state index contributed by atoms with van der Waals surface area (Å²) in [6.45, 7) is 0.358. The third-order valence-electron chi connectivity index (χ3n) is 3.53. The van der Waals surface area contributed by atoms with Crippen molar-refractivity contribution < 1.29 is 13.6 Å². The molecule has 0 atom stereocenters. The summed E-state index contributed by atoms with van der Waals surface area (Å²) in [4.78, 5) is 13.8. The minimum absolute atomic E-state index is 0.250. The Morgan fingerprint density at radius 2 is 1.90 bits per heavy atom. The molecule has 3 rings (SSSR count). The van der Waals surface area contributed by atoms with Crippen LogP contribution in [0, 0.1) is 11.6 Å². The van der Waals surface area contributed by atoms with Crippen LogP contribution in [-0.2, 0) is 6.42 Å². The van der Waals surface area contributed by atoms with Crippen molar-refractivity contribution in [2.75, 3.05) is 17.2 Å². The summed E-state index contributed by atoms with van der Waals surface area (Å²) >= 11 is 2.99. The highest BCUT2D eigenvalue weighted by Gasteiger charge is 2.30. The Balaban J connectivity index is 2.05. The number of fused-ring (bicyclic) bond motifs is 1. The van der Waals surface area contributed by atoms with Gasteiger partial charge in [0.1, 0.15) is 17.2 Å². The Bertz CT molecular complexity index is 725. The van der Waals surface area contributed by atoms with E-state index >= 15 is 0 Å². The Morgan fingerprint density at radius 1 is 1.24 bits per heavy atom. The van der Waals surface area contributed by atoms with Gasteiger partial charge in [-0.15, -0.1) is 0 Å². The lowest BCUT2D eigenvalue weighted by Gasteiger charge is -2.18. The molecule has 2 aromatic rings. The smallest absolute Gasteiger partial charge is 0.264 e. The van der Waals surface area contributed by atoms with Crippen LogP contribution < -0.4 is 10.6 Å². The maximum atomic E-state index is 13.9. The van der Waals surface area contributed by atoms with Gasteiger partial charge in [-0.1, -0.05) is 22.0 Å². The first-order valence-corrected chi connectivity index (χ1v) is 7.12. The number of carbonyl (C=O) groups is 1. The Labute approximate surface area is 128 Å². The first-order valence-electron chi connectivity index (χ1n) is 6.33. The number of hydrogen-bond donors (Lipinski definition) is 1. The highest BCUT2D eigenvalue weighted by Crippen LogP contribution is 2.34. The van der Waals surface area contributed by atoms with Gasteiger partial charge in [-0.05, 0) is 30.7 Å². The molecule has 21 heavy (non-hydrogen) atoms. The van der Waals surface area contributed by atoms with Crippen molar-refractivity contribution in [3.63, 3.8) is 0 Å². The normalized spacial score (nSPS) is 13.4. The van der Waals surface area contributed by atoms with Crippen LogP contribution >= 0.6 is 15.9 Å². The molecular formula is C15H11BrF2N2O. The molecule has 0 fully saturated rings. The minimum Gasteiger partial charge on any atom is -0.398 e. The van der Waals surface area contributed by atoms with Crippen molar-refractivity contribution in [3.05, 3.63) is 57.6 Å². The molecule has 1 aliphatic heterocycles. The second-order valence-corrected chi connectivity index (χ2v) is 5.71. The van der Waals surface area contributed by atoms with Gasteiger partial charge in [0, 0.05) is 28.0 Å². The van der Waals surface area contributed by atoms with Crippen LogP contribution in [-0.4, -0.2) is 12.5 Å². The molecule has 0 spiro atoms. The zero-order valence-electron chi connectivity index (χ0n) is 10.9. The molecule has 3 nitrogen and oxygen atoms in total. The SMILES string of the molecule is Nc1cccc2c1CCN2C(=O)c1c(F)cc(Br)cc1F. The third kappa shape index (κ3) is 2.29. The van der Waals surface area contributed by atoms with Crippen LogP contribution in [0.5, 0.6) is 0 Å². The summed E-state index contributed by atoms with van der Waals surface area (Å²) in [6.07, 6.45) is 0.577. The Hall–Kier alpha value is -1.95. The fourth-order valence-corrected chi connectivity index (χ4v) is 2.96. The summed E-state index contributed by atoms with van der Waals surface area (Å²) in [5, 5.41) is 0. The molecule has 2 N–H and O–H groups in total. The van der Waals surface area contributed by atoms with Gasteiger partial charge in [-0.25, -0.2) is 8.78 Å². The first kappa shape index (κ1) is 14.0. The predicted molar refractivity (Wildman–Crippen MR) is 80.3 cm³/mol. The Kier molecular flexibility index (Phi) is 3.41. The van der Waals surface area contributed by atoms with E-state index in [1.165, 1.54) is 4.90 Å². The molecular weight excluding hydrogens is 342 g/mol. The predicted octanol–water partition coefficient (Wildman–Crippen LogP) is 3.51. The van der Waals surface area contributed by atoms with Crippen LogP contribution in [0.15, 0.2) is 34.8 Å². The highest BCUT2D eigenvalue weighted by atomic mass is 79.9. The number of hydrogen-bond acceptors (Lipinski definition) is 2. The van der Waals surface area contributed by atoms with E-state index in [4.69, 9.17) is 5.73 Å². The van der Waals surface area contributed by atoms with Gasteiger partial charge >= 0.3 is 0 Å². The largest absolute Gasteiger partial charge is 0.398 e. The fraction of sp³-hybridized carbons (Fsp3) is 0.133. The number of nitrogens with zero attached hydrogens (tertiary/aromatic N) is 1. The summed E-state index contributed by atoms with van der Waals surface area (Å²) in [5.74, 6) is -2.46. The van der Waals surface area contributed by atoms with Gasteiger partial charge in [0.25, 0.3) is 5.91 Å². The summed E-state index contributed by atoms with van der Waals surface area (Å²) in [5.41, 5.74) is 7.35. The minimum atomic E-state index is -0.885. The average Bonchev–Trinajstić information content (AvgIpc) is 2.82. The number of carbonyl (C=O) groups excluding carboxylic acids is 1. The van der Waals surface area contributed by atoms with Gasteiger partial charge in [0.2, 0.25) is 0 Å². The lowest BCUT2D eigenvalue weighted by atomic mass is 10.1. The van der Waals surface area contributed by atoms with E-state index in [0.717, 1.165) is 17.7 Å². The molecule has 0 saturated heterocycles. The van der Waals surface area contributed by atoms with Crippen molar-refractivity contribution in [1.82, 2.24) is 0 Å². The van der Waals surface area contributed by atoms with E-state index in [0.29, 0.717) is 24.3 Å². The molecule has 0 radical (unpaired) electrons. The van der Waals surface area contributed by atoms with E-state index in [9.17, 15) is 13.6 Å². The fourth-order valence-electron chi connectivity index (χ4n) is 2.55. The molecule has 1 heterocycles. The van der Waals surface area contributed by atoms with Crippen LogP contribution in [0.2, 0.25) is 0 Å². The van der Waals surface area contributed by atoms with Crippen molar-refractivity contribution in [2.24, 2.45) is 0 Å². The quantitative estimate of drug-likeness (QED) is 0.798. The molecule has 1 aliphatic rings. The molecule has 2 aromatic carbocycles. The van der Waals surface area contributed by atoms with E-state index in [-0.39, 0.29) is 4.47 Å². The third-order valence-corrected chi connectivity index (χ3v) is 3.99. The monoisotopic (exact) mass is 352 g/mol. The molecule has 0 aliphatic carbocycles. The van der Waals surface area contributed by atoms with Gasteiger partial charge in [-0.2, -0.15) is 0 Å². The number of nitrogen functional groups attached to an aromatic ring is 1. The number of benzene rings is 2. The summed E-state index contributed by atoms with van der Waals surface area (Å²) in [6, 6.07) is 7.34. The zero-order chi connectivity index (χ0) is 15.1. The molecule has 0 aromatic heterocycles. The van der Waals surface area contributed by atoms with Gasteiger partial charge in [-0.3, -0.25) is 4.79 Å². The van der Waals surface area contributed by atoms with E-state index in [1.54, 1.807) is 18.2 Å². The Morgan fingerprint density at radius 3 is 2.57 bits per heavy atom. The standard InChI is InChI=1S/C15H11BrF2N2O/c16-8-6-10(17)14(11(18)7-8)15(21)20-5-4-9-12(19)2-1-3-13(9)20/h1-3,6-7H,4-5,19H2. The first-order chi connectivity index (χ1) is 9.99. The van der Waals surface area contributed by atoms with Gasteiger partial charge in [0.05, 0.1) is 0 Å². The van der Waals surface area contributed by atoms with Crippen molar-refractivity contribution in [1.29, 1.82) is 0 Å². The number of anilines is 2. The van der Waals surface area contributed by atoms with Crippen LogP contribution in [0.25, 0.3) is 0 Å². The van der Waals surface area contributed by atoms with Gasteiger partial charge < -0.3 is 10.6 Å². The number of amides is 1. The molecule has 0 bridgehead atoms. The van der Waals surface area contributed by atoms with Crippen molar-refractivity contribution >= 4 is 33.2 Å². The molecule has 0 saturated carbocycles. The lowest BCUT2D eigenvalue weighted by molar-refractivity contribution is 0.0981. The van der Waals surface area contributed by atoms with Crippen LogP contribution in [0.3, 0.4) is 0 Å². The van der Waals surface area contributed by atoms with E-state index in [1.807, 2.05) is 0 Å².